The maximum Gasteiger partial charge on any atom is 0.120 e. The van der Waals surface area contributed by atoms with Gasteiger partial charge >= 0.3 is 0 Å². The van der Waals surface area contributed by atoms with Gasteiger partial charge in [-0.25, -0.2) is 0 Å². The Kier molecular flexibility index (Phi) is 8.13. The molecule has 1 saturated heterocycles. The number of halogens is 2. The minimum atomic E-state index is 0. The van der Waals surface area contributed by atoms with Crippen LogP contribution in [0.2, 0.25) is 0 Å². The Morgan fingerprint density at radius 2 is 1.94 bits per heavy atom. The van der Waals surface area contributed by atoms with Gasteiger partial charge in [-0.3, -0.25) is 0 Å². The van der Waals surface area contributed by atoms with Crippen molar-refractivity contribution < 1.29 is 4.74 Å². The summed E-state index contributed by atoms with van der Waals surface area (Å²) in [6.07, 6.45) is 2.38. The van der Waals surface area contributed by atoms with Crippen LogP contribution in [0.3, 0.4) is 0 Å². The minimum absolute atomic E-state index is 0. The third-order valence-corrected chi connectivity index (χ3v) is 2.78. The standard InChI is InChI=1S/C12H18N2O.2ClH/c1-15-12-4-2-3-11(9-12)14-10-5-7-13-8-6-10;;/h2-4,9-10,13-14H,5-8H2,1H3;2*1H. The number of nitrogens with one attached hydrogen (secondary N) is 2. The van der Waals surface area contributed by atoms with Crippen LogP contribution in [0.15, 0.2) is 24.3 Å². The van der Waals surface area contributed by atoms with Crippen molar-refractivity contribution in [3.63, 3.8) is 0 Å². The molecule has 0 aliphatic carbocycles. The highest BCUT2D eigenvalue weighted by Gasteiger charge is 2.12. The van der Waals surface area contributed by atoms with Gasteiger partial charge in [-0.15, -0.1) is 24.8 Å². The number of methoxy groups -OCH3 is 1. The van der Waals surface area contributed by atoms with E-state index < -0.39 is 0 Å². The molecule has 1 aliphatic rings. The molecule has 0 aromatic heterocycles. The molecule has 2 rings (SSSR count). The molecule has 98 valence electrons. The average Bonchev–Trinajstić information content (AvgIpc) is 2.31. The fraction of sp³-hybridized carbons (Fsp3) is 0.500. The van der Waals surface area contributed by atoms with Crippen molar-refractivity contribution in [2.24, 2.45) is 0 Å². The molecule has 1 aromatic rings. The minimum Gasteiger partial charge on any atom is -0.497 e. The number of hydrogen-bond donors (Lipinski definition) is 2. The van der Waals surface area contributed by atoms with E-state index in [0.29, 0.717) is 6.04 Å². The molecule has 0 amide bonds. The zero-order valence-corrected chi connectivity index (χ0v) is 11.6. The van der Waals surface area contributed by atoms with Crippen LogP contribution < -0.4 is 15.4 Å². The Labute approximate surface area is 115 Å². The summed E-state index contributed by atoms with van der Waals surface area (Å²) in [6.45, 7) is 2.23. The van der Waals surface area contributed by atoms with E-state index in [1.54, 1.807) is 7.11 Å². The van der Waals surface area contributed by atoms with E-state index in [1.807, 2.05) is 18.2 Å². The second-order valence-corrected chi connectivity index (χ2v) is 3.90. The van der Waals surface area contributed by atoms with Crippen molar-refractivity contribution in [1.82, 2.24) is 5.32 Å². The first-order chi connectivity index (χ1) is 7.38. The largest absolute Gasteiger partial charge is 0.497 e. The molecule has 0 radical (unpaired) electrons. The summed E-state index contributed by atoms with van der Waals surface area (Å²) in [7, 11) is 1.70. The lowest BCUT2D eigenvalue weighted by molar-refractivity contribution is 0.414. The highest BCUT2D eigenvalue weighted by Crippen LogP contribution is 2.19. The van der Waals surface area contributed by atoms with E-state index in [4.69, 9.17) is 4.74 Å². The maximum absolute atomic E-state index is 5.19. The molecule has 2 N–H and O–H groups in total. The lowest BCUT2D eigenvalue weighted by Crippen LogP contribution is -2.35. The first-order valence-electron chi connectivity index (χ1n) is 5.50. The Morgan fingerprint density at radius 1 is 1.24 bits per heavy atom. The van der Waals surface area contributed by atoms with Gasteiger partial charge in [0.1, 0.15) is 5.75 Å². The molecule has 0 unspecified atom stereocenters. The Balaban J connectivity index is 0.00000128. The van der Waals surface area contributed by atoms with Gasteiger partial charge in [0.15, 0.2) is 0 Å². The molecule has 5 heteroatoms. The number of ether oxygens (including phenoxy) is 1. The van der Waals surface area contributed by atoms with Gasteiger partial charge in [0, 0.05) is 17.8 Å². The van der Waals surface area contributed by atoms with Gasteiger partial charge < -0.3 is 15.4 Å². The lowest BCUT2D eigenvalue weighted by atomic mass is 10.1. The van der Waals surface area contributed by atoms with E-state index in [1.165, 1.54) is 12.8 Å². The van der Waals surface area contributed by atoms with Crippen LogP contribution in [0.4, 0.5) is 5.69 Å². The molecule has 3 nitrogen and oxygen atoms in total. The van der Waals surface area contributed by atoms with Gasteiger partial charge in [-0.1, -0.05) is 6.07 Å². The van der Waals surface area contributed by atoms with E-state index >= 15 is 0 Å². The number of rotatable bonds is 3. The second kappa shape index (κ2) is 8.45. The lowest BCUT2D eigenvalue weighted by Gasteiger charge is -2.24. The predicted octanol–water partition coefficient (Wildman–Crippen LogP) is 2.70. The maximum atomic E-state index is 5.19. The van der Waals surface area contributed by atoms with Crippen molar-refractivity contribution in [1.29, 1.82) is 0 Å². The summed E-state index contributed by atoms with van der Waals surface area (Å²) in [6, 6.07) is 8.71. The zero-order chi connectivity index (χ0) is 10.5. The molecule has 0 spiro atoms. The average molecular weight is 279 g/mol. The van der Waals surface area contributed by atoms with Gasteiger partial charge in [-0.05, 0) is 38.1 Å². The molecule has 17 heavy (non-hydrogen) atoms. The normalized spacial score (nSPS) is 15.4. The summed E-state index contributed by atoms with van der Waals surface area (Å²) in [4.78, 5) is 0. The number of anilines is 1. The highest BCUT2D eigenvalue weighted by atomic mass is 35.5. The summed E-state index contributed by atoms with van der Waals surface area (Å²) < 4.78 is 5.19. The SMILES string of the molecule is COc1cccc(NC2CCNCC2)c1.Cl.Cl. The fourth-order valence-electron chi connectivity index (χ4n) is 1.91. The molecule has 1 heterocycles. The monoisotopic (exact) mass is 278 g/mol. The number of benzene rings is 1. The predicted molar refractivity (Wildman–Crippen MR) is 77.0 cm³/mol. The van der Waals surface area contributed by atoms with Crippen LogP contribution >= 0.6 is 24.8 Å². The van der Waals surface area contributed by atoms with Crippen LogP contribution in [0.5, 0.6) is 5.75 Å². The van der Waals surface area contributed by atoms with E-state index in [-0.39, 0.29) is 24.8 Å². The van der Waals surface area contributed by atoms with Gasteiger partial charge in [0.25, 0.3) is 0 Å². The Morgan fingerprint density at radius 3 is 2.59 bits per heavy atom. The topological polar surface area (TPSA) is 33.3 Å². The quantitative estimate of drug-likeness (QED) is 0.892. The molecule has 0 atom stereocenters. The number of hydrogen-bond acceptors (Lipinski definition) is 3. The fourth-order valence-corrected chi connectivity index (χ4v) is 1.91. The second-order valence-electron chi connectivity index (χ2n) is 3.90. The first-order valence-corrected chi connectivity index (χ1v) is 5.50. The molecule has 1 aliphatic heterocycles. The third kappa shape index (κ3) is 5.02. The van der Waals surface area contributed by atoms with E-state index in [2.05, 4.69) is 16.7 Å². The third-order valence-electron chi connectivity index (χ3n) is 2.78. The molecule has 0 saturated carbocycles. The van der Waals surface area contributed by atoms with Gasteiger partial charge in [0.2, 0.25) is 0 Å². The van der Waals surface area contributed by atoms with Gasteiger partial charge in [-0.2, -0.15) is 0 Å². The van der Waals surface area contributed by atoms with Crippen LogP contribution in [0.1, 0.15) is 12.8 Å². The highest BCUT2D eigenvalue weighted by molar-refractivity contribution is 5.85. The molecular weight excluding hydrogens is 259 g/mol. The molecule has 1 fully saturated rings. The molecule has 1 aromatic carbocycles. The van der Waals surface area contributed by atoms with Crippen molar-refractivity contribution >= 4 is 30.5 Å². The molecule has 0 bridgehead atoms. The Hall–Kier alpha value is -0.640. The first kappa shape index (κ1) is 16.4. The van der Waals surface area contributed by atoms with Crippen LogP contribution in [-0.2, 0) is 0 Å². The summed E-state index contributed by atoms with van der Waals surface area (Å²) in [5.74, 6) is 0.911. The smallest absolute Gasteiger partial charge is 0.120 e. The van der Waals surface area contributed by atoms with Crippen LogP contribution in [-0.4, -0.2) is 26.2 Å². The van der Waals surface area contributed by atoms with Crippen LogP contribution in [0.25, 0.3) is 0 Å². The van der Waals surface area contributed by atoms with Crippen molar-refractivity contribution in [2.45, 2.75) is 18.9 Å². The Bertz CT molecular complexity index is 317. The van der Waals surface area contributed by atoms with Crippen molar-refractivity contribution in [3.8, 4) is 5.75 Å². The van der Waals surface area contributed by atoms with Gasteiger partial charge in [0.05, 0.1) is 7.11 Å². The van der Waals surface area contributed by atoms with Crippen molar-refractivity contribution in [3.05, 3.63) is 24.3 Å². The van der Waals surface area contributed by atoms with Crippen LogP contribution in [0, 0.1) is 0 Å². The zero-order valence-electron chi connectivity index (χ0n) is 9.94. The number of piperidine rings is 1. The molecular formula is C12H20Cl2N2O. The summed E-state index contributed by atoms with van der Waals surface area (Å²) in [5.41, 5.74) is 1.15. The van der Waals surface area contributed by atoms with E-state index in [0.717, 1.165) is 24.5 Å². The summed E-state index contributed by atoms with van der Waals surface area (Å²) >= 11 is 0. The summed E-state index contributed by atoms with van der Waals surface area (Å²) in [5, 5.41) is 6.89. The van der Waals surface area contributed by atoms with Crippen molar-refractivity contribution in [2.75, 3.05) is 25.5 Å². The van der Waals surface area contributed by atoms with E-state index in [9.17, 15) is 0 Å².